The van der Waals surface area contributed by atoms with Gasteiger partial charge in [-0.1, -0.05) is 36.4 Å². The van der Waals surface area contributed by atoms with Crippen molar-refractivity contribution in [3.05, 3.63) is 107 Å². The van der Waals surface area contributed by atoms with Gasteiger partial charge in [0.15, 0.2) is 11.6 Å². The second-order valence-electron chi connectivity index (χ2n) is 8.72. The third-order valence-corrected chi connectivity index (χ3v) is 5.87. The Labute approximate surface area is 218 Å². The lowest BCUT2D eigenvalue weighted by Gasteiger charge is -2.15. The summed E-state index contributed by atoms with van der Waals surface area (Å²) in [5, 5.41) is 12.0. The molecule has 4 aromatic rings. The molecule has 38 heavy (non-hydrogen) atoms. The molecule has 0 spiro atoms. The van der Waals surface area contributed by atoms with Crippen LogP contribution >= 0.6 is 0 Å². The minimum absolute atomic E-state index is 0.0412. The van der Waals surface area contributed by atoms with Gasteiger partial charge in [0, 0.05) is 18.4 Å². The largest absolute Gasteiger partial charge is 0.493 e. The van der Waals surface area contributed by atoms with E-state index >= 15 is 0 Å². The van der Waals surface area contributed by atoms with Crippen LogP contribution in [0, 0.1) is 18.6 Å². The number of aliphatic carboxylic acids is 1. The van der Waals surface area contributed by atoms with E-state index in [1.807, 2.05) is 37.3 Å². The van der Waals surface area contributed by atoms with Gasteiger partial charge in [-0.25, -0.2) is 18.6 Å². The summed E-state index contributed by atoms with van der Waals surface area (Å²) in [6.07, 6.45) is 0.320. The molecule has 196 valence electrons. The Bertz CT molecular complexity index is 1400. The normalized spacial score (nSPS) is 11.7. The molecule has 1 atom stereocenters. The molecule has 0 radical (unpaired) electrons. The number of aromatic nitrogens is 1. The summed E-state index contributed by atoms with van der Waals surface area (Å²) in [4.78, 5) is 28.5. The number of ether oxygens (including phenoxy) is 1. The fourth-order valence-corrected chi connectivity index (χ4v) is 3.87. The van der Waals surface area contributed by atoms with Crippen molar-refractivity contribution in [3.8, 4) is 17.2 Å². The zero-order valence-corrected chi connectivity index (χ0v) is 20.6. The van der Waals surface area contributed by atoms with Crippen LogP contribution in [0.25, 0.3) is 11.5 Å². The van der Waals surface area contributed by atoms with Crippen molar-refractivity contribution in [1.82, 2.24) is 10.3 Å². The van der Waals surface area contributed by atoms with Gasteiger partial charge in [-0.05, 0) is 54.4 Å². The molecular weight excluding hydrogens is 494 g/mol. The molecule has 7 nitrogen and oxygen atoms in total. The highest BCUT2D eigenvalue weighted by atomic mass is 19.2. The van der Waals surface area contributed by atoms with Crippen LogP contribution < -0.4 is 10.1 Å². The van der Waals surface area contributed by atoms with Gasteiger partial charge >= 0.3 is 5.97 Å². The number of amides is 1. The van der Waals surface area contributed by atoms with Crippen LogP contribution in [-0.4, -0.2) is 34.6 Å². The molecule has 3 aromatic carbocycles. The zero-order valence-electron chi connectivity index (χ0n) is 20.6. The molecule has 0 aliphatic carbocycles. The first-order valence-electron chi connectivity index (χ1n) is 12.0. The molecule has 2 N–H and O–H groups in total. The van der Waals surface area contributed by atoms with Crippen LogP contribution in [0.3, 0.4) is 0 Å². The fourth-order valence-electron chi connectivity index (χ4n) is 3.87. The average Bonchev–Trinajstić information content (AvgIpc) is 3.27. The maximum atomic E-state index is 13.4. The standard InChI is InChI=1S/C29H26F2N2O5/c1-18-25(33-28(38-18)21-5-3-2-4-6-21)13-14-37-22-10-7-19(8-11-22)16-26(29(35)36)32-27(34)17-20-9-12-23(30)24(31)15-20/h2-12,15,26H,13-14,16-17H2,1H3,(H,32,34)(H,35,36)/t26-/m0/s1. The number of oxazole rings is 1. The Morgan fingerprint density at radius 1 is 1.00 bits per heavy atom. The van der Waals surface area contributed by atoms with Gasteiger partial charge in [-0.15, -0.1) is 0 Å². The van der Waals surface area contributed by atoms with E-state index in [1.165, 1.54) is 6.07 Å². The Kier molecular flexibility index (Phi) is 8.47. The number of carbonyl (C=O) groups excluding carboxylic acids is 1. The third-order valence-electron chi connectivity index (χ3n) is 5.87. The zero-order chi connectivity index (χ0) is 27.1. The predicted octanol–water partition coefficient (Wildman–Crippen LogP) is 4.90. The SMILES string of the molecule is Cc1oc(-c2ccccc2)nc1CCOc1ccc(C[C@H](NC(=O)Cc2ccc(F)c(F)c2)C(=O)O)cc1. The van der Waals surface area contributed by atoms with E-state index in [-0.39, 0.29) is 18.4 Å². The number of halogens is 2. The third kappa shape index (κ3) is 7.03. The number of hydrogen-bond donors (Lipinski definition) is 2. The summed E-state index contributed by atoms with van der Waals surface area (Å²) in [5.41, 5.74) is 2.63. The van der Waals surface area contributed by atoms with Gasteiger partial charge < -0.3 is 19.6 Å². The monoisotopic (exact) mass is 520 g/mol. The number of hydrogen-bond acceptors (Lipinski definition) is 5. The Morgan fingerprint density at radius 3 is 2.39 bits per heavy atom. The summed E-state index contributed by atoms with van der Waals surface area (Å²) in [6.45, 7) is 2.23. The van der Waals surface area contributed by atoms with Gasteiger partial charge in [0.05, 0.1) is 18.7 Å². The second-order valence-corrected chi connectivity index (χ2v) is 8.72. The van der Waals surface area contributed by atoms with Crippen molar-refractivity contribution >= 4 is 11.9 Å². The number of carboxylic acids is 1. The first kappa shape index (κ1) is 26.5. The number of carboxylic acid groups (broad SMARTS) is 1. The van der Waals surface area contributed by atoms with Crippen LogP contribution in [0.1, 0.15) is 22.6 Å². The molecule has 0 unspecified atom stereocenters. The average molecular weight is 521 g/mol. The van der Waals surface area contributed by atoms with E-state index in [0.29, 0.717) is 30.2 Å². The number of rotatable bonds is 11. The van der Waals surface area contributed by atoms with Crippen molar-refractivity contribution in [2.75, 3.05) is 6.61 Å². The van der Waals surface area contributed by atoms with Crippen LogP contribution in [0.2, 0.25) is 0 Å². The maximum Gasteiger partial charge on any atom is 0.326 e. The molecule has 9 heteroatoms. The molecule has 0 aliphatic heterocycles. The van der Waals surface area contributed by atoms with E-state index in [0.717, 1.165) is 29.2 Å². The summed E-state index contributed by atoms with van der Waals surface area (Å²) in [6, 6.07) is 18.5. The highest BCUT2D eigenvalue weighted by molar-refractivity contribution is 5.85. The van der Waals surface area contributed by atoms with E-state index < -0.39 is 29.6 Å². The smallest absolute Gasteiger partial charge is 0.326 e. The lowest BCUT2D eigenvalue weighted by molar-refractivity contribution is -0.141. The van der Waals surface area contributed by atoms with E-state index in [4.69, 9.17) is 9.15 Å². The van der Waals surface area contributed by atoms with Crippen LogP contribution in [0.5, 0.6) is 5.75 Å². The first-order chi connectivity index (χ1) is 18.3. The molecule has 1 amide bonds. The molecule has 0 bridgehead atoms. The van der Waals surface area contributed by atoms with Crippen LogP contribution in [0.15, 0.2) is 77.2 Å². The summed E-state index contributed by atoms with van der Waals surface area (Å²) < 4.78 is 38.0. The molecule has 0 saturated heterocycles. The molecule has 0 aliphatic rings. The summed E-state index contributed by atoms with van der Waals surface area (Å²) >= 11 is 0. The van der Waals surface area contributed by atoms with E-state index in [9.17, 15) is 23.5 Å². The number of carbonyl (C=O) groups is 2. The van der Waals surface area contributed by atoms with Gasteiger partial charge in [0.2, 0.25) is 11.8 Å². The van der Waals surface area contributed by atoms with E-state index in [1.54, 1.807) is 24.3 Å². The van der Waals surface area contributed by atoms with Crippen molar-refractivity contribution in [2.45, 2.75) is 32.2 Å². The maximum absolute atomic E-state index is 13.4. The Hall–Kier alpha value is -4.53. The number of nitrogens with zero attached hydrogens (tertiary/aromatic N) is 1. The minimum Gasteiger partial charge on any atom is -0.493 e. The van der Waals surface area contributed by atoms with Crippen molar-refractivity contribution in [2.24, 2.45) is 0 Å². The predicted molar refractivity (Wildman–Crippen MR) is 136 cm³/mol. The highest BCUT2D eigenvalue weighted by Crippen LogP contribution is 2.22. The van der Waals surface area contributed by atoms with Crippen molar-refractivity contribution in [3.63, 3.8) is 0 Å². The second kappa shape index (κ2) is 12.1. The Morgan fingerprint density at radius 2 is 1.71 bits per heavy atom. The number of nitrogens with one attached hydrogen (secondary N) is 1. The van der Waals surface area contributed by atoms with Crippen molar-refractivity contribution < 1.29 is 32.6 Å². The fraction of sp³-hybridized carbons (Fsp3) is 0.207. The van der Waals surface area contributed by atoms with Gasteiger partial charge in [0.25, 0.3) is 0 Å². The highest BCUT2D eigenvalue weighted by Gasteiger charge is 2.21. The van der Waals surface area contributed by atoms with Crippen LogP contribution in [0.4, 0.5) is 8.78 Å². The molecule has 4 rings (SSSR count). The van der Waals surface area contributed by atoms with Gasteiger partial charge in [-0.3, -0.25) is 4.79 Å². The topological polar surface area (TPSA) is 102 Å². The molecule has 0 saturated carbocycles. The minimum atomic E-state index is -1.21. The molecule has 0 fully saturated rings. The lowest BCUT2D eigenvalue weighted by Crippen LogP contribution is -2.43. The summed E-state index contributed by atoms with van der Waals surface area (Å²) in [7, 11) is 0. The van der Waals surface area contributed by atoms with Gasteiger partial charge in [-0.2, -0.15) is 0 Å². The lowest BCUT2D eigenvalue weighted by atomic mass is 10.0. The number of aryl methyl sites for hydroxylation is 1. The Balaban J connectivity index is 1.28. The summed E-state index contributed by atoms with van der Waals surface area (Å²) in [5.74, 6) is -2.01. The molecule has 1 heterocycles. The molecular formula is C29H26F2N2O5. The quantitative estimate of drug-likeness (QED) is 0.292. The van der Waals surface area contributed by atoms with Crippen LogP contribution in [-0.2, 0) is 28.9 Å². The van der Waals surface area contributed by atoms with Crippen molar-refractivity contribution in [1.29, 1.82) is 0 Å². The van der Waals surface area contributed by atoms with Gasteiger partial charge in [0.1, 0.15) is 17.6 Å². The first-order valence-corrected chi connectivity index (χ1v) is 12.0. The molecule has 1 aromatic heterocycles. The number of benzene rings is 3. The van der Waals surface area contributed by atoms with E-state index in [2.05, 4.69) is 10.3 Å².